The highest BCUT2D eigenvalue weighted by atomic mass is 16.6. The number of hydrogen-bond donors (Lipinski definition) is 3. The third-order valence-electron chi connectivity index (χ3n) is 12.0. The molecule has 0 spiro atoms. The van der Waals surface area contributed by atoms with E-state index in [0.29, 0.717) is 66.8 Å². The summed E-state index contributed by atoms with van der Waals surface area (Å²) in [6, 6.07) is 7.01. The Kier molecular flexibility index (Phi) is 12.7. The molecule has 1 aromatic heterocycles. The van der Waals surface area contributed by atoms with Gasteiger partial charge in [0.2, 0.25) is 0 Å². The molecule has 10 heteroatoms. The molecule has 0 saturated heterocycles. The highest BCUT2D eigenvalue weighted by Crippen LogP contribution is 2.54. The smallest absolute Gasteiger partial charge is 0.302 e. The Morgan fingerprint density at radius 2 is 1.72 bits per heavy atom. The number of methoxy groups -OCH3 is 2. The quantitative estimate of drug-likeness (QED) is 0.204. The van der Waals surface area contributed by atoms with Crippen LogP contribution < -0.4 is 10.5 Å². The number of benzene rings is 1. The second-order valence-electron chi connectivity index (χ2n) is 15.5. The van der Waals surface area contributed by atoms with Crippen molar-refractivity contribution in [3.8, 4) is 22.6 Å². The summed E-state index contributed by atoms with van der Waals surface area (Å²) in [5.74, 6) is 2.54. The number of nitrogens with zero attached hydrogens (tertiary/aromatic N) is 1. The van der Waals surface area contributed by atoms with Gasteiger partial charge in [-0.05, 0) is 140 Å². The number of hydrogen-bond acceptors (Lipinski definition) is 10. The first-order valence-electron chi connectivity index (χ1n) is 18.5. The van der Waals surface area contributed by atoms with E-state index in [1.165, 1.54) is 21.0 Å². The van der Waals surface area contributed by atoms with Crippen molar-refractivity contribution in [3.05, 3.63) is 36.0 Å². The predicted molar refractivity (Wildman–Crippen MR) is 191 cm³/mol. The molecule has 3 saturated carbocycles. The fourth-order valence-corrected chi connectivity index (χ4v) is 9.75. The van der Waals surface area contributed by atoms with Crippen LogP contribution in [0.3, 0.4) is 0 Å². The van der Waals surface area contributed by atoms with E-state index in [1.54, 1.807) is 31.5 Å². The summed E-state index contributed by atoms with van der Waals surface area (Å²) in [6.45, 7) is 7.47. The second kappa shape index (κ2) is 16.8. The van der Waals surface area contributed by atoms with Crippen molar-refractivity contribution >= 4 is 17.8 Å². The molecule has 1 heterocycles. The Labute approximate surface area is 297 Å². The van der Waals surface area contributed by atoms with Crippen LogP contribution in [0.25, 0.3) is 11.1 Å². The molecular formula is C40H58N2O8. The second-order valence-corrected chi connectivity index (χ2v) is 15.5. The lowest BCUT2D eigenvalue weighted by Gasteiger charge is -2.50. The number of aliphatic hydroxyl groups excluding tert-OH is 1. The number of nitrogen functional groups attached to an aromatic ring is 1. The Bertz CT molecular complexity index is 1460. The van der Waals surface area contributed by atoms with Crippen molar-refractivity contribution in [2.45, 2.75) is 116 Å². The number of anilines is 1. The maximum absolute atomic E-state index is 12.7. The number of carbonyl (C=O) groups excluding carboxylic acids is 2. The van der Waals surface area contributed by atoms with E-state index >= 15 is 0 Å². The van der Waals surface area contributed by atoms with Crippen LogP contribution in [-0.4, -0.2) is 65.8 Å². The highest BCUT2D eigenvalue weighted by molar-refractivity contribution is 5.72. The summed E-state index contributed by atoms with van der Waals surface area (Å²) in [5, 5.41) is 22.6. The van der Waals surface area contributed by atoms with Gasteiger partial charge in [-0.2, -0.15) is 0 Å². The molecule has 4 N–H and O–H groups in total. The Morgan fingerprint density at radius 3 is 2.38 bits per heavy atom. The zero-order chi connectivity index (χ0) is 36.1. The van der Waals surface area contributed by atoms with Crippen LogP contribution in [0.5, 0.6) is 11.5 Å². The topological polar surface area (TPSA) is 150 Å². The zero-order valence-electron chi connectivity index (χ0n) is 30.7. The number of phenolic OH excluding ortho intramolecular Hbond substituents is 1. The third kappa shape index (κ3) is 9.10. The maximum atomic E-state index is 12.7. The normalized spacial score (nSPS) is 29.2. The summed E-state index contributed by atoms with van der Waals surface area (Å²) in [4.78, 5) is 29.3. The van der Waals surface area contributed by atoms with Crippen LogP contribution in [0.2, 0.25) is 0 Å². The molecule has 1 aromatic carbocycles. The number of rotatable bonds is 12. The van der Waals surface area contributed by atoms with Crippen molar-refractivity contribution in [3.63, 3.8) is 0 Å². The fraction of sp³-hybridized carbons (Fsp3) is 0.675. The van der Waals surface area contributed by atoms with Gasteiger partial charge in [0.25, 0.3) is 0 Å². The molecule has 3 fully saturated rings. The number of carbonyl (C=O) groups is 2. The van der Waals surface area contributed by atoms with Crippen molar-refractivity contribution in [1.29, 1.82) is 0 Å². The summed E-state index contributed by atoms with van der Waals surface area (Å²) in [6.07, 6.45) is 8.01. The van der Waals surface area contributed by atoms with Crippen LogP contribution in [0, 0.1) is 41.4 Å². The van der Waals surface area contributed by atoms with Crippen LogP contribution in [0.1, 0.15) is 91.0 Å². The lowest BCUT2D eigenvalue weighted by atomic mass is 9.56. The molecule has 3 aliphatic carbocycles. The van der Waals surface area contributed by atoms with Crippen molar-refractivity contribution < 1.29 is 38.7 Å². The van der Waals surface area contributed by atoms with E-state index in [4.69, 9.17) is 24.7 Å². The first-order chi connectivity index (χ1) is 23.9. The number of phenols is 1. The number of pyridine rings is 1. The summed E-state index contributed by atoms with van der Waals surface area (Å²) >= 11 is 0. The van der Waals surface area contributed by atoms with Gasteiger partial charge in [0.15, 0.2) is 11.5 Å². The van der Waals surface area contributed by atoms with Gasteiger partial charge in [-0.25, -0.2) is 4.98 Å². The Balaban J connectivity index is 1.43. The first-order valence-corrected chi connectivity index (χ1v) is 18.5. The van der Waals surface area contributed by atoms with Crippen LogP contribution in [-0.2, 0) is 30.2 Å². The van der Waals surface area contributed by atoms with Gasteiger partial charge >= 0.3 is 11.9 Å². The van der Waals surface area contributed by atoms with Gasteiger partial charge in [0.05, 0.1) is 19.3 Å². The average molecular weight is 695 g/mol. The molecule has 2 bridgehead atoms. The highest BCUT2D eigenvalue weighted by Gasteiger charge is 2.49. The molecular weight excluding hydrogens is 636 g/mol. The standard InChI is InChI=1S/C40H58N2O8/c1-22(2)32-14-25-7-9-30(47-5)19-35-34(25)15-28(32)13-29(16-36(35)45)38(50-24(4)44)20-31(49-23(3)43)10-8-26-17-39(48-6)37(46)21-33(26)27-11-12-42-40(41)18-27/h11-12,17-18,21-22,25,28-32,34-36,38,45-46H,7-10,13-16,19-20H2,1-6H3,(H2,41,42). The molecule has 0 amide bonds. The average Bonchev–Trinajstić information content (AvgIpc) is 3.23. The van der Waals surface area contributed by atoms with Crippen LogP contribution in [0.4, 0.5) is 5.82 Å². The summed E-state index contributed by atoms with van der Waals surface area (Å²) in [7, 11) is 3.29. The molecule has 10 unspecified atom stereocenters. The van der Waals surface area contributed by atoms with E-state index < -0.39 is 24.3 Å². The number of esters is 2. The Hall–Kier alpha value is -3.37. The van der Waals surface area contributed by atoms with Crippen LogP contribution >= 0.6 is 0 Å². The van der Waals surface area contributed by atoms with Crippen molar-refractivity contribution in [2.75, 3.05) is 20.0 Å². The zero-order valence-corrected chi connectivity index (χ0v) is 30.7. The number of aromatic hydroxyl groups is 1. The first kappa shape index (κ1) is 37.9. The molecule has 2 aromatic rings. The Morgan fingerprint density at radius 1 is 0.960 bits per heavy atom. The monoisotopic (exact) mass is 694 g/mol. The number of aryl methyl sites for hydroxylation is 1. The van der Waals surface area contributed by atoms with E-state index in [0.717, 1.165) is 55.2 Å². The minimum Gasteiger partial charge on any atom is -0.504 e. The number of aliphatic hydroxyl groups is 1. The van der Waals surface area contributed by atoms with E-state index in [9.17, 15) is 19.8 Å². The number of aromatic nitrogens is 1. The molecule has 3 aliphatic rings. The largest absolute Gasteiger partial charge is 0.504 e. The van der Waals surface area contributed by atoms with Crippen molar-refractivity contribution in [1.82, 2.24) is 4.98 Å². The van der Waals surface area contributed by atoms with Gasteiger partial charge in [-0.3, -0.25) is 9.59 Å². The number of ether oxygens (including phenoxy) is 4. The molecule has 10 nitrogen and oxygen atoms in total. The minimum absolute atomic E-state index is 0.00241. The van der Waals surface area contributed by atoms with E-state index in [2.05, 4.69) is 18.8 Å². The van der Waals surface area contributed by atoms with Gasteiger partial charge in [-0.1, -0.05) is 13.8 Å². The predicted octanol–water partition coefficient (Wildman–Crippen LogP) is 6.73. The SMILES string of the molecule is COc1cc(CCC(CC(OC(C)=O)C2CC(O)C3CC(OC)CCC4CC(C(C)C)C(C2)CC43)OC(C)=O)c(-c2ccnc(N)c2)cc1O. The van der Waals surface area contributed by atoms with Crippen LogP contribution in [0.15, 0.2) is 30.5 Å². The fourth-order valence-electron chi connectivity index (χ4n) is 9.75. The van der Waals surface area contributed by atoms with Crippen molar-refractivity contribution in [2.24, 2.45) is 41.4 Å². The summed E-state index contributed by atoms with van der Waals surface area (Å²) < 4.78 is 23.4. The van der Waals surface area contributed by atoms with Gasteiger partial charge in [-0.15, -0.1) is 0 Å². The van der Waals surface area contributed by atoms with E-state index in [1.807, 2.05) is 6.07 Å². The van der Waals surface area contributed by atoms with Gasteiger partial charge < -0.3 is 34.9 Å². The third-order valence-corrected chi connectivity index (χ3v) is 12.0. The number of nitrogens with two attached hydrogens (primary N) is 1. The maximum Gasteiger partial charge on any atom is 0.302 e. The summed E-state index contributed by atoms with van der Waals surface area (Å²) in [5.41, 5.74) is 8.42. The molecule has 276 valence electrons. The molecule has 0 radical (unpaired) electrons. The molecule has 0 aliphatic heterocycles. The molecule has 50 heavy (non-hydrogen) atoms. The lowest BCUT2D eigenvalue weighted by molar-refractivity contribution is -0.158. The van der Waals surface area contributed by atoms with E-state index in [-0.39, 0.29) is 29.7 Å². The molecule has 5 rings (SSSR count). The molecule has 10 atom stereocenters. The van der Waals surface area contributed by atoms with Gasteiger partial charge in [0.1, 0.15) is 18.0 Å². The lowest BCUT2D eigenvalue weighted by Crippen LogP contribution is -2.46. The minimum atomic E-state index is -0.560. The van der Waals surface area contributed by atoms with Gasteiger partial charge in [0, 0.05) is 33.6 Å². The number of fused-ring (bicyclic) bond motifs is 1.